The van der Waals surface area contributed by atoms with Crippen LogP contribution < -0.4 is 20.9 Å². The van der Waals surface area contributed by atoms with Crippen molar-refractivity contribution >= 4 is 29.3 Å². The van der Waals surface area contributed by atoms with Gasteiger partial charge in [0.05, 0.1) is 10.6 Å². The van der Waals surface area contributed by atoms with Crippen LogP contribution in [0.3, 0.4) is 0 Å². The van der Waals surface area contributed by atoms with Gasteiger partial charge in [-0.25, -0.2) is 4.39 Å². The predicted molar refractivity (Wildman–Crippen MR) is 110 cm³/mol. The second-order valence-corrected chi connectivity index (χ2v) is 7.25. The third-order valence-corrected chi connectivity index (χ3v) is 4.50. The second-order valence-electron chi connectivity index (χ2n) is 6.84. The Morgan fingerprint density at radius 1 is 0.933 bits per heavy atom. The molecule has 160 valence electrons. The molecule has 0 heterocycles. The Labute approximate surface area is 178 Å². The molecule has 0 spiro atoms. The molecule has 2 atom stereocenters. The average molecular weight is 436 g/mol. The van der Waals surface area contributed by atoms with E-state index in [9.17, 15) is 18.8 Å². The van der Waals surface area contributed by atoms with Crippen molar-refractivity contribution in [2.75, 3.05) is 0 Å². The third kappa shape index (κ3) is 6.18. The molecule has 0 aliphatic heterocycles. The van der Waals surface area contributed by atoms with Crippen LogP contribution in [0, 0.1) is 11.7 Å². The number of hydrazine groups is 1. The number of carbonyl (C=O) groups excluding carboxylic acids is 3. The number of halogens is 2. The topological polar surface area (TPSA) is 96.5 Å². The number of carbonyl (C=O) groups is 3. The van der Waals surface area contributed by atoms with Crippen molar-refractivity contribution < 1.29 is 23.5 Å². The minimum absolute atomic E-state index is 0.0847. The standard InChI is InChI=1S/C21H23ClFN3O4/c1-12(2)18(24-20(28)14-8-4-5-9-15(14)22)21(29)26-25-19(27)13(3)30-17-11-7-6-10-16(17)23/h4-13,18H,1-3H3,(H,24,28)(H,25,27)(H,26,29)/t13?,18-/m0/s1. The lowest BCUT2D eigenvalue weighted by Gasteiger charge is -2.23. The summed E-state index contributed by atoms with van der Waals surface area (Å²) in [5, 5.41) is 2.86. The number of ether oxygens (including phenoxy) is 1. The Morgan fingerprint density at radius 2 is 1.53 bits per heavy atom. The van der Waals surface area contributed by atoms with E-state index in [-0.39, 0.29) is 22.3 Å². The molecule has 3 N–H and O–H groups in total. The average Bonchev–Trinajstić information content (AvgIpc) is 2.71. The van der Waals surface area contributed by atoms with Crippen LogP contribution in [0.5, 0.6) is 5.75 Å². The normalized spacial score (nSPS) is 12.6. The highest BCUT2D eigenvalue weighted by molar-refractivity contribution is 6.33. The smallest absolute Gasteiger partial charge is 0.279 e. The van der Waals surface area contributed by atoms with Gasteiger partial charge in [-0.05, 0) is 37.1 Å². The lowest BCUT2D eigenvalue weighted by molar-refractivity contribution is -0.133. The Kier molecular flexibility index (Phi) is 8.17. The Bertz CT molecular complexity index is 923. The van der Waals surface area contributed by atoms with Crippen molar-refractivity contribution in [3.63, 3.8) is 0 Å². The molecular formula is C21H23ClFN3O4. The molecule has 2 aromatic carbocycles. The van der Waals surface area contributed by atoms with E-state index in [4.69, 9.17) is 16.3 Å². The first kappa shape index (κ1) is 23.2. The lowest BCUT2D eigenvalue weighted by Crippen LogP contribution is -2.56. The minimum atomic E-state index is -1.07. The molecule has 0 aliphatic carbocycles. The second kappa shape index (κ2) is 10.6. The zero-order valence-corrected chi connectivity index (χ0v) is 17.5. The molecule has 30 heavy (non-hydrogen) atoms. The number of benzene rings is 2. The molecular weight excluding hydrogens is 413 g/mol. The highest BCUT2D eigenvalue weighted by Gasteiger charge is 2.26. The number of para-hydroxylation sites is 1. The number of nitrogens with one attached hydrogen (secondary N) is 3. The van der Waals surface area contributed by atoms with Gasteiger partial charge in [0.1, 0.15) is 6.04 Å². The Balaban J connectivity index is 1.94. The molecule has 2 rings (SSSR count). The third-order valence-electron chi connectivity index (χ3n) is 4.17. The first-order valence-electron chi connectivity index (χ1n) is 9.27. The fourth-order valence-electron chi connectivity index (χ4n) is 2.49. The van der Waals surface area contributed by atoms with E-state index >= 15 is 0 Å². The quantitative estimate of drug-likeness (QED) is 0.582. The van der Waals surface area contributed by atoms with Gasteiger partial charge in [0, 0.05) is 0 Å². The van der Waals surface area contributed by atoms with Crippen LogP contribution in [0.25, 0.3) is 0 Å². The first-order chi connectivity index (χ1) is 14.2. The Morgan fingerprint density at radius 3 is 2.17 bits per heavy atom. The molecule has 0 saturated heterocycles. The summed E-state index contributed by atoms with van der Waals surface area (Å²) in [5.74, 6) is -2.80. The fourth-order valence-corrected chi connectivity index (χ4v) is 2.71. The van der Waals surface area contributed by atoms with Crippen LogP contribution in [0.4, 0.5) is 4.39 Å². The number of rotatable bonds is 7. The van der Waals surface area contributed by atoms with E-state index in [1.165, 1.54) is 31.2 Å². The van der Waals surface area contributed by atoms with Crippen molar-refractivity contribution in [1.29, 1.82) is 0 Å². The van der Waals surface area contributed by atoms with Crippen LogP contribution >= 0.6 is 11.6 Å². The maximum Gasteiger partial charge on any atom is 0.279 e. The van der Waals surface area contributed by atoms with Gasteiger partial charge in [-0.1, -0.05) is 49.7 Å². The maximum atomic E-state index is 13.6. The van der Waals surface area contributed by atoms with Gasteiger partial charge < -0.3 is 10.1 Å². The summed E-state index contributed by atoms with van der Waals surface area (Å²) < 4.78 is 18.9. The zero-order chi connectivity index (χ0) is 22.3. The maximum absolute atomic E-state index is 13.6. The number of amides is 3. The van der Waals surface area contributed by atoms with E-state index in [1.807, 2.05) is 0 Å². The number of hydrogen-bond acceptors (Lipinski definition) is 4. The van der Waals surface area contributed by atoms with E-state index < -0.39 is 35.7 Å². The van der Waals surface area contributed by atoms with Gasteiger partial charge in [0.25, 0.3) is 17.7 Å². The van der Waals surface area contributed by atoms with Gasteiger partial charge in [-0.3, -0.25) is 25.2 Å². The van der Waals surface area contributed by atoms with Gasteiger partial charge in [0.2, 0.25) is 0 Å². The van der Waals surface area contributed by atoms with Crippen molar-refractivity contribution in [3.8, 4) is 5.75 Å². The largest absolute Gasteiger partial charge is 0.478 e. The van der Waals surface area contributed by atoms with Crippen LogP contribution in [0.15, 0.2) is 48.5 Å². The highest BCUT2D eigenvalue weighted by atomic mass is 35.5. The summed E-state index contributed by atoms with van der Waals surface area (Å²) in [6.07, 6.45) is -1.07. The summed E-state index contributed by atoms with van der Waals surface area (Å²) in [6.45, 7) is 4.89. The van der Waals surface area contributed by atoms with Gasteiger partial charge in [-0.15, -0.1) is 0 Å². The summed E-state index contributed by atoms with van der Waals surface area (Å²) in [6, 6.07) is 11.2. The zero-order valence-electron chi connectivity index (χ0n) is 16.7. The van der Waals surface area contributed by atoms with Crippen LogP contribution in [0.2, 0.25) is 5.02 Å². The van der Waals surface area contributed by atoms with Gasteiger partial charge in [-0.2, -0.15) is 0 Å². The van der Waals surface area contributed by atoms with E-state index in [0.29, 0.717) is 0 Å². The van der Waals surface area contributed by atoms with Crippen LogP contribution in [-0.4, -0.2) is 29.9 Å². The monoisotopic (exact) mass is 435 g/mol. The molecule has 3 amide bonds. The summed E-state index contributed by atoms with van der Waals surface area (Å²) in [7, 11) is 0. The van der Waals surface area contributed by atoms with Crippen molar-refractivity contribution in [3.05, 3.63) is 64.9 Å². The summed E-state index contributed by atoms with van der Waals surface area (Å²) in [5.41, 5.74) is 4.71. The van der Waals surface area contributed by atoms with E-state index in [1.54, 1.807) is 38.1 Å². The van der Waals surface area contributed by atoms with Gasteiger partial charge in [0.15, 0.2) is 17.7 Å². The van der Waals surface area contributed by atoms with Crippen LogP contribution in [-0.2, 0) is 9.59 Å². The lowest BCUT2D eigenvalue weighted by atomic mass is 10.0. The molecule has 2 aromatic rings. The molecule has 0 saturated carbocycles. The molecule has 7 nitrogen and oxygen atoms in total. The molecule has 0 fully saturated rings. The predicted octanol–water partition coefficient (Wildman–Crippen LogP) is 2.85. The van der Waals surface area contributed by atoms with E-state index in [0.717, 1.165) is 0 Å². The van der Waals surface area contributed by atoms with Crippen molar-refractivity contribution in [2.45, 2.75) is 32.9 Å². The molecule has 0 bridgehead atoms. The summed E-state index contributed by atoms with van der Waals surface area (Å²) in [4.78, 5) is 37.1. The molecule has 0 radical (unpaired) electrons. The molecule has 9 heteroatoms. The summed E-state index contributed by atoms with van der Waals surface area (Å²) >= 11 is 6.02. The van der Waals surface area contributed by atoms with Crippen molar-refractivity contribution in [2.24, 2.45) is 5.92 Å². The van der Waals surface area contributed by atoms with Crippen molar-refractivity contribution in [1.82, 2.24) is 16.2 Å². The van der Waals surface area contributed by atoms with Crippen LogP contribution in [0.1, 0.15) is 31.1 Å². The molecule has 0 aromatic heterocycles. The number of hydrogen-bond donors (Lipinski definition) is 3. The first-order valence-corrected chi connectivity index (χ1v) is 9.64. The van der Waals surface area contributed by atoms with Gasteiger partial charge >= 0.3 is 0 Å². The fraction of sp³-hybridized carbons (Fsp3) is 0.286. The Hall–Kier alpha value is -3.13. The molecule has 0 aliphatic rings. The molecule has 1 unspecified atom stereocenters. The minimum Gasteiger partial charge on any atom is -0.478 e. The highest BCUT2D eigenvalue weighted by Crippen LogP contribution is 2.17. The SMILES string of the molecule is CC(Oc1ccccc1F)C(=O)NNC(=O)[C@@H](NC(=O)c1ccccc1Cl)C(C)C. The van der Waals surface area contributed by atoms with E-state index in [2.05, 4.69) is 16.2 Å².